The van der Waals surface area contributed by atoms with Crippen LogP contribution in [-0.4, -0.2) is 25.8 Å². The van der Waals surface area contributed by atoms with E-state index in [2.05, 4.69) is 10.1 Å². The second kappa shape index (κ2) is 11.2. The Kier molecular flexibility index (Phi) is 7.59. The Morgan fingerprint density at radius 1 is 0.714 bits per heavy atom. The Bertz CT molecular complexity index is 1720. The Hall–Kier alpha value is -4.93. The molecule has 11 heteroatoms. The van der Waals surface area contributed by atoms with Gasteiger partial charge in [0.15, 0.2) is 11.5 Å². The maximum Gasteiger partial charge on any atom is 0.434 e. The summed E-state index contributed by atoms with van der Waals surface area (Å²) < 4.78 is 79.9. The Morgan fingerprint density at radius 3 is 1.95 bits per heavy atom. The smallest absolute Gasteiger partial charge is 0.434 e. The van der Waals surface area contributed by atoms with Crippen LogP contribution in [0.2, 0.25) is 0 Å². The fraction of sp³-hybridized carbons (Fsp3) is 0.129. The number of aromatic nitrogens is 3. The number of pyridine rings is 1. The largest absolute Gasteiger partial charge is 0.478 e. The zero-order valence-corrected chi connectivity index (χ0v) is 21.6. The molecule has 2 heterocycles. The molecule has 0 bridgehead atoms. The molecule has 0 spiro atoms. The van der Waals surface area contributed by atoms with E-state index < -0.39 is 35.1 Å². The van der Waals surface area contributed by atoms with Gasteiger partial charge in [-0.15, -0.1) is 0 Å². The molecule has 0 aliphatic carbocycles. The van der Waals surface area contributed by atoms with Gasteiger partial charge in [-0.1, -0.05) is 60.7 Å². The van der Waals surface area contributed by atoms with E-state index in [-0.39, 0.29) is 5.82 Å². The van der Waals surface area contributed by atoms with Gasteiger partial charge >= 0.3 is 18.3 Å². The van der Waals surface area contributed by atoms with Crippen LogP contribution < -0.4 is 0 Å². The molecule has 2 aromatic heterocycles. The molecule has 5 nitrogen and oxygen atoms in total. The van der Waals surface area contributed by atoms with E-state index in [0.717, 1.165) is 28.8 Å². The zero-order chi connectivity index (χ0) is 30.1. The number of hydrogen-bond acceptors (Lipinski definition) is 3. The normalized spacial score (nSPS) is 12.0. The number of rotatable bonds is 7. The number of benzene rings is 3. The van der Waals surface area contributed by atoms with Crippen molar-refractivity contribution in [2.45, 2.75) is 25.2 Å². The fourth-order valence-corrected chi connectivity index (χ4v) is 4.54. The number of hydrogen-bond donors (Lipinski definition) is 1. The van der Waals surface area contributed by atoms with Gasteiger partial charge in [0.25, 0.3) is 0 Å². The number of carboxylic acid groups (broad SMARTS) is 1. The quantitative estimate of drug-likeness (QED) is 0.197. The summed E-state index contributed by atoms with van der Waals surface area (Å²) in [5.74, 6) is -1.92. The van der Waals surface area contributed by atoms with E-state index in [1.807, 2.05) is 42.5 Å². The summed E-state index contributed by atoms with van der Waals surface area (Å²) in [4.78, 5) is 15.6. The molecule has 3 aromatic carbocycles. The van der Waals surface area contributed by atoms with Crippen LogP contribution >= 0.6 is 0 Å². The van der Waals surface area contributed by atoms with Gasteiger partial charge in [-0.25, -0.2) is 14.5 Å². The summed E-state index contributed by atoms with van der Waals surface area (Å²) in [6, 6.07) is 24.3. The molecular weight excluding hydrogens is 560 g/mol. The highest BCUT2D eigenvalue weighted by Gasteiger charge is 2.41. The Balaban J connectivity index is 1.31. The van der Waals surface area contributed by atoms with Crippen LogP contribution in [0.4, 0.5) is 26.3 Å². The van der Waals surface area contributed by atoms with Crippen molar-refractivity contribution in [1.82, 2.24) is 14.8 Å². The van der Waals surface area contributed by atoms with Gasteiger partial charge < -0.3 is 5.11 Å². The van der Waals surface area contributed by atoms with Gasteiger partial charge in [0.1, 0.15) is 5.56 Å². The molecule has 0 aliphatic rings. The van der Waals surface area contributed by atoms with Gasteiger partial charge in [-0.2, -0.15) is 31.4 Å². The molecule has 214 valence electrons. The van der Waals surface area contributed by atoms with Gasteiger partial charge in [-0.3, -0.25) is 0 Å². The number of halogens is 6. The minimum absolute atomic E-state index is 0.175. The van der Waals surface area contributed by atoms with Crippen molar-refractivity contribution in [3.05, 3.63) is 125 Å². The van der Waals surface area contributed by atoms with Crippen molar-refractivity contribution in [3.8, 4) is 28.2 Å². The molecule has 0 amide bonds. The lowest BCUT2D eigenvalue weighted by atomic mass is 9.98. The van der Waals surface area contributed by atoms with E-state index in [1.54, 1.807) is 12.1 Å². The highest BCUT2D eigenvalue weighted by molar-refractivity contribution is 5.89. The Morgan fingerprint density at radius 2 is 1.33 bits per heavy atom. The number of aromatic carboxylic acids is 1. The Labute approximate surface area is 235 Å². The topological polar surface area (TPSA) is 68.0 Å². The summed E-state index contributed by atoms with van der Waals surface area (Å²) in [6.45, 7) is 0. The SMILES string of the molecule is O=C(O)c1cnn(-c2cccc(-c3cccc(CCc4ccc(-c5ccc(C(F)(F)F)cc5)cc4)c3)n2)c1C(F)(F)F. The first kappa shape index (κ1) is 28.6. The lowest BCUT2D eigenvalue weighted by Gasteiger charge is -2.12. The molecule has 5 aromatic rings. The third kappa shape index (κ3) is 6.19. The van der Waals surface area contributed by atoms with E-state index in [1.165, 1.54) is 24.3 Å². The van der Waals surface area contributed by atoms with Crippen molar-refractivity contribution in [2.75, 3.05) is 0 Å². The summed E-state index contributed by atoms with van der Waals surface area (Å²) >= 11 is 0. The van der Waals surface area contributed by atoms with Crippen LogP contribution in [-0.2, 0) is 25.2 Å². The average Bonchev–Trinajstić information content (AvgIpc) is 3.43. The summed E-state index contributed by atoms with van der Waals surface area (Å²) in [6.07, 6.45) is -7.38. The molecule has 0 atom stereocenters. The fourth-order valence-electron chi connectivity index (χ4n) is 4.54. The molecule has 0 saturated heterocycles. The van der Waals surface area contributed by atoms with Crippen molar-refractivity contribution >= 4 is 5.97 Å². The summed E-state index contributed by atoms with van der Waals surface area (Å²) in [7, 11) is 0. The average molecular weight is 582 g/mol. The van der Waals surface area contributed by atoms with Crippen molar-refractivity contribution in [2.24, 2.45) is 0 Å². The monoisotopic (exact) mass is 581 g/mol. The highest BCUT2D eigenvalue weighted by Crippen LogP contribution is 2.34. The molecule has 0 radical (unpaired) electrons. The number of nitrogens with zero attached hydrogens (tertiary/aromatic N) is 3. The van der Waals surface area contributed by atoms with Crippen LogP contribution in [0.15, 0.2) is 97.2 Å². The van der Waals surface area contributed by atoms with Crippen LogP contribution in [0.25, 0.3) is 28.2 Å². The predicted octanol–water partition coefficient (Wildman–Crippen LogP) is 8.12. The molecule has 0 unspecified atom stereocenters. The van der Waals surface area contributed by atoms with E-state index in [0.29, 0.717) is 40.5 Å². The van der Waals surface area contributed by atoms with Crippen LogP contribution in [0.5, 0.6) is 0 Å². The third-order valence-corrected chi connectivity index (χ3v) is 6.64. The molecule has 0 fully saturated rings. The van der Waals surface area contributed by atoms with E-state index in [9.17, 15) is 36.2 Å². The first-order valence-electron chi connectivity index (χ1n) is 12.6. The molecule has 0 saturated carbocycles. The standard InChI is InChI=1S/C31H21F6N3O2/c32-30(33,34)24-15-13-22(14-16-24)21-11-9-19(10-12-21)7-8-20-3-1-4-23(17-20)26-5-2-6-27(39-26)40-28(31(35,36)37)25(18-38-40)29(41)42/h1-6,9-18H,7-8H2,(H,41,42). The number of aryl methyl sites for hydroxylation is 2. The van der Waals surface area contributed by atoms with Gasteiger partial charge in [0.2, 0.25) is 0 Å². The maximum atomic E-state index is 13.7. The highest BCUT2D eigenvalue weighted by atomic mass is 19.4. The second-order valence-corrected chi connectivity index (χ2v) is 9.48. The minimum Gasteiger partial charge on any atom is -0.478 e. The first-order valence-corrected chi connectivity index (χ1v) is 12.6. The molecule has 0 aliphatic heterocycles. The third-order valence-electron chi connectivity index (χ3n) is 6.64. The van der Waals surface area contributed by atoms with E-state index >= 15 is 0 Å². The van der Waals surface area contributed by atoms with Gasteiger partial charge in [0, 0.05) is 5.56 Å². The number of carboxylic acids is 1. The lowest BCUT2D eigenvalue weighted by molar-refractivity contribution is -0.143. The van der Waals surface area contributed by atoms with Crippen LogP contribution in [0, 0.1) is 0 Å². The molecule has 5 rings (SSSR count). The van der Waals surface area contributed by atoms with Crippen molar-refractivity contribution < 1.29 is 36.2 Å². The number of carbonyl (C=O) groups is 1. The zero-order valence-electron chi connectivity index (χ0n) is 21.6. The molecular formula is C31H21F6N3O2. The van der Waals surface area contributed by atoms with Crippen molar-refractivity contribution in [1.29, 1.82) is 0 Å². The van der Waals surface area contributed by atoms with Gasteiger partial charge in [-0.05, 0) is 65.4 Å². The maximum absolute atomic E-state index is 13.7. The van der Waals surface area contributed by atoms with E-state index in [4.69, 9.17) is 0 Å². The van der Waals surface area contributed by atoms with Crippen LogP contribution in [0.1, 0.15) is 32.7 Å². The second-order valence-electron chi connectivity index (χ2n) is 9.48. The first-order chi connectivity index (χ1) is 19.9. The van der Waals surface area contributed by atoms with Gasteiger partial charge in [0.05, 0.1) is 17.5 Å². The summed E-state index contributed by atoms with van der Waals surface area (Å²) in [5, 5.41) is 12.8. The number of alkyl halides is 6. The molecule has 42 heavy (non-hydrogen) atoms. The predicted molar refractivity (Wildman–Crippen MR) is 143 cm³/mol. The molecule has 1 N–H and O–H groups in total. The minimum atomic E-state index is -4.96. The summed E-state index contributed by atoms with van der Waals surface area (Å²) in [5.41, 5.74) is 1.39. The van der Waals surface area contributed by atoms with Crippen molar-refractivity contribution in [3.63, 3.8) is 0 Å². The van der Waals surface area contributed by atoms with Crippen LogP contribution in [0.3, 0.4) is 0 Å². The lowest BCUT2D eigenvalue weighted by Crippen LogP contribution is -2.18.